The minimum atomic E-state index is 0.161. The van der Waals surface area contributed by atoms with Crippen molar-refractivity contribution in [2.45, 2.75) is 19.4 Å². The molecule has 2 N–H and O–H groups in total. The summed E-state index contributed by atoms with van der Waals surface area (Å²) in [7, 11) is 5.14. The van der Waals surface area contributed by atoms with Gasteiger partial charge in [0.25, 0.3) is 0 Å². The van der Waals surface area contributed by atoms with Crippen molar-refractivity contribution in [3.63, 3.8) is 0 Å². The van der Waals surface area contributed by atoms with Crippen LogP contribution in [0.25, 0.3) is 0 Å². The summed E-state index contributed by atoms with van der Waals surface area (Å²) >= 11 is 0. The maximum atomic E-state index is 5.57. The topological polar surface area (TPSA) is 67.4 Å². The monoisotopic (exact) mass is 440 g/mol. The number of hydrogen-bond acceptors (Lipinski definition) is 5. The number of morpholine rings is 1. The molecule has 1 saturated heterocycles. The Morgan fingerprint density at radius 2 is 1.84 bits per heavy atom. The molecular weight excluding hydrogens is 404 g/mol. The molecule has 1 aliphatic heterocycles. The first-order valence-electron chi connectivity index (χ1n) is 11.2. The molecule has 0 aliphatic carbocycles. The van der Waals surface area contributed by atoms with Gasteiger partial charge in [0, 0.05) is 33.2 Å². The van der Waals surface area contributed by atoms with Crippen LogP contribution in [0.1, 0.15) is 22.7 Å². The molecule has 1 fully saturated rings. The zero-order chi connectivity index (χ0) is 22.8. The molecule has 1 unspecified atom stereocenters. The van der Waals surface area contributed by atoms with Gasteiger partial charge in [-0.15, -0.1) is 0 Å². The second kappa shape index (κ2) is 12.3. The summed E-state index contributed by atoms with van der Waals surface area (Å²) in [6.45, 7) is 6.93. The number of rotatable bonds is 9. The molecule has 32 heavy (non-hydrogen) atoms. The third kappa shape index (κ3) is 6.61. The second-order valence-electron chi connectivity index (χ2n) is 7.90. The normalized spacial score (nSPS) is 15.8. The molecule has 0 bridgehead atoms. The molecule has 7 heteroatoms. The fourth-order valence-electron chi connectivity index (χ4n) is 4.01. The average molecular weight is 441 g/mol. The fraction of sp³-hybridized carbons (Fsp3) is 0.480. The predicted octanol–water partition coefficient (Wildman–Crippen LogP) is 2.79. The predicted molar refractivity (Wildman–Crippen MR) is 129 cm³/mol. The van der Waals surface area contributed by atoms with Crippen molar-refractivity contribution in [1.82, 2.24) is 15.5 Å². The van der Waals surface area contributed by atoms with Crippen molar-refractivity contribution in [2.75, 3.05) is 60.7 Å². The smallest absolute Gasteiger partial charge is 0.191 e. The van der Waals surface area contributed by atoms with Gasteiger partial charge in [-0.05, 0) is 36.6 Å². The van der Waals surface area contributed by atoms with Gasteiger partial charge in [0.05, 0.1) is 33.5 Å². The van der Waals surface area contributed by atoms with E-state index in [1.807, 2.05) is 13.1 Å². The zero-order valence-corrected chi connectivity index (χ0v) is 19.7. The van der Waals surface area contributed by atoms with E-state index in [9.17, 15) is 0 Å². The van der Waals surface area contributed by atoms with E-state index >= 15 is 0 Å². The van der Waals surface area contributed by atoms with Crippen LogP contribution < -0.4 is 20.1 Å². The lowest BCUT2D eigenvalue weighted by atomic mass is 10.0. The van der Waals surface area contributed by atoms with Crippen LogP contribution in [-0.2, 0) is 11.2 Å². The third-order valence-electron chi connectivity index (χ3n) is 5.75. The van der Waals surface area contributed by atoms with Crippen molar-refractivity contribution in [2.24, 2.45) is 4.99 Å². The minimum absolute atomic E-state index is 0.161. The van der Waals surface area contributed by atoms with Crippen molar-refractivity contribution in [3.05, 3.63) is 59.2 Å². The standard InChI is InChI=1S/C25H36N4O3/c1-19-6-5-7-20(16-19)10-11-27-25(26-2)28-18-22(29-12-14-32-15-13-29)21-8-9-23(30-3)24(17-21)31-4/h5-9,16-17,22H,10-15,18H2,1-4H3,(H2,26,27,28). The number of aliphatic imine (C=N–C) groups is 1. The van der Waals surface area contributed by atoms with E-state index in [1.54, 1.807) is 14.2 Å². The van der Waals surface area contributed by atoms with Gasteiger partial charge in [-0.1, -0.05) is 35.9 Å². The number of benzene rings is 2. The second-order valence-corrected chi connectivity index (χ2v) is 7.90. The van der Waals surface area contributed by atoms with Crippen LogP contribution in [0, 0.1) is 6.92 Å². The van der Waals surface area contributed by atoms with E-state index in [2.05, 4.69) is 63.8 Å². The van der Waals surface area contributed by atoms with Gasteiger partial charge in [-0.25, -0.2) is 0 Å². The molecule has 174 valence electrons. The van der Waals surface area contributed by atoms with Gasteiger partial charge < -0.3 is 24.8 Å². The highest BCUT2D eigenvalue weighted by Crippen LogP contribution is 2.32. The number of ether oxygens (including phenoxy) is 3. The van der Waals surface area contributed by atoms with Crippen LogP contribution in [0.4, 0.5) is 0 Å². The lowest BCUT2D eigenvalue weighted by Gasteiger charge is -2.35. The lowest BCUT2D eigenvalue weighted by Crippen LogP contribution is -2.46. The van der Waals surface area contributed by atoms with E-state index in [0.717, 1.165) is 63.3 Å². The Hall–Kier alpha value is -2.77. The number of nitrogens with one attached hydrogen (secondary N) is 2. The Kier molecular flexibility index (Phi) is 9.19. The first kappa shape index (κ1) is 23.9. The van der Waals surface area contributed by atoms with Crippen LogP contribution >= 0.6 is 0 Å². The van der Waals surface area contributed by atoms with Crippen LogP contribution in [0.2, 0.25) is 0 Å². The average Bonchev–Trinajstić information content (AvgIpc) is 2.83. The summed E-state index contributed by atoms with van der Waals surface area (Å²) in [4.78, 5) is 6.86. The van der Waals surface area contributed by atoms with Gasteiger partial charge in [0.2, 0.25) is 0 Å². The summed E-state index contributed by atoms with van der Waals surface area (Å²) in [5, 5.41) is 6.95. The Morgan fingerprint density at radius 1 is 1.06 bits per heavy atom. The summed E-state index contributed by atoms with van der Waals surface area (Å²) in [5.41, 5.74) is 3.78. The molecule has 1 aliphatic rings. The van der Waals surface area contributed by atoms with Gasteiger partial charge in [0.1, 0.15) is 0 Å². The summed E-state index contributed by atoms with van der Waals surface area (Å²) in [5.74, 6) is 2.28. The fourth-order valence-corrected chi connectivity index (χ4v) is 4.01. The first-order chi connectivity index (χ1) is 15.6. The molecule has 1 heterocycles. The quantitative estimate of drug-likeness (QED) is 0.462. The SMILES string of the molecule is CN=C(NCCc1cccc(C)c1)NCC(c1ccc(OC)c(OC)c1)N1CCOCC1. The molecule has 2 aromatic rings. The van der Waals surface area contributed by atoms with Crippen molar-refractivity contribution >= 4 is 5.96 Å². The Balaban J connectivity index is 1.64. The molecule has 0 radical (unpaired) electrons. The molecule has 0 amide bonds. The highest BCUT2D eigenvalue weighted by Gasteiger charge is 2.24. The minimum Gasteiger partial charge on any atom is -0.493 e. The summed E-state index contributed by atoms with van der Waals surface area (Å²) < 4.78 is 16.5. The Bertz CT molecular complexity index is 881. The van der Waals surface area contributed by atoms with Crippen LogP contribution in [-0.4, -0.2) is 71.5 Å². The number of aryl methyl sites for hydroxylation is 1. The highest BCUT2D eigenvalue weighted by molar-refractivity contribution is 5.79. The van der Waals surface area contributed by atoms with Crippen molar-refractivity contribution < 1.29 is 14.2 Å². The van der Waals surface area contributed by atoms with E-state index in [4.69, 9.17) is 14.2 Å². The Labute approximate surface area is 191 Å². The van der Waals surface area contributed by atoms with E-state index in [0.29, 0.717) is 0 Å². The molecule has 0 aromatic heterocycles. The lowest BCUT2D eigenvalue weighted by molar-refractivity contribution is 0.0169. The maximum absolute atomic E-state index is 5.57. The molecule has 0 spiro atoms. The van der Waals surface area contributed by atoms with E-state index in [-0.39, 0.29) is 6.04 Å². The maximum Gasteiger partial charge on any atom is 0.191 e. The van der Waals surface area contributed by atoms with E-state index < -0.39 is 0 Å². The third-order valence-corrected chi connectivity index (χ3v) is 5.75. The number of nitrogens with zero attached hydrogens (tertiary/aromatic N) is 2. The van der Waals surface area contributed by atoms with Crippen molar-refractivity contribution in [1.29, 1.82) is 0 Å². The van der Waals surface area contributed by atoms with Crippen LogP contribution in [0.5, 0.6) is 11.5 Å². The molecule has 2 aromatic carbocycles. The summed E-state index contributed by atoms with van der Waals surface area (Å²) in [6, 6.07) is 14.9. The van der Waals surface area contributed by atoms with Gasteiger partial charge >= 0.3 is 0 Å². The van der Waals surface area contributed by atoms with E-state index in [1.165, 1.54) is 16.7 Å². The largest absolute Gasteiger partial charge is 0.493 e. The molecule has 0 saturated carbocycles. The number of methoxy groups -OCH3 is 2. The molecule has 7 nitrogen and oxygen atoms in total. The van der Waals surface area contributed by atoms with Crippen molar-refractivity contribution in [3.8, 4) is 11.5 Å². The number of guanidine groups is 1. The highest BCUT2D eigenvalue weighted by atomic mass is 16.5. The van der Waals surface area contributed by atoms with Crippen LogP contribution in [0.3, 0.4) is 0 Å². The molecular formula is C25H36N4O3. The number of hydrogen-bond donors (Lipinski definition) is 2. The zero-order valence-electron chi connectivity index (χ0n) is 19.7. The first-order valence-corrected chi connectivity index (χ1v) is 11.2. The molecule has 1 atom stereocenters. The molecule has 3 rings (SSSR count). The van der Waals surface area contributed by atoms with Crippen LogP contribution in [0.15, 0.2) is 47.5 Å². The Morgan fingerprint density at radius 3 is 2.53 bits per heavy atom. The van der Waals surface area contributed by atoms with Gasteiger partial charge in [-0.2, -0.15) is 0 Å². The van der Waals surface area contributed by atoms with Gasteiger partial charge in [-0.3, -0.25) is 9.89 Å². The van der Waals surface area contributed by atoms with Gasteiger partial charge in [0.15, 0.2) is 17.5 Å². The summed E-state index contributed by atoms with van der Waals surface area (Å²) in [6.07, 6.45) is 0.949.